The Morgan fingerprint density at radius 1 is 1.31 bits per heavy atom. The molecule has 0 saturated carbocycles. The third-order valence-corrected chi connectivity index (χ3v) is 3.05. The lowest BCUT2D eigenvalue weighted by Crippen LogP contribution is -2.45. The topological polar surface area (TPSA) is 49.4 Å². The van der Waals surface area contributed by atoms with Gasteiger partial charge in [-0.3, -0.25) is 9.59 Å². The minimum Gasteiger partial charge on any atom is -0.345 e. The largest absolute Gasteiger partial charge is 0.345 e. The van der Waals surface area contributed by atoms with E-state index in [2.05, 4.69) is 12.2 Å². The average molecular weight is 226 g/mol. The van der Waals surface area contributed by atoms with Gasteiger partial charge in [-0.25, -0.2) is 0 Å². The summed E-state index contributed by atoms with van der Waals surface area (Å²) in [7, 11) is 0. The molecule has 4 nitrogen and oxygen atoms in total. The van der Waals surface area contributed by atoms with Crippen molar-refractivity contribution in [1.82, 2.24) is 10.2 Å². The fourth-order valence-electron chi connectivity index (χ4n) is 2.07. The maximum absolute atomic E-state index is 12.0. The van der Waals surface area contributed by atoms with E-state index in [1.54, 1.807) is 6.92 Å². The Bertz CT molecular complexity index is 266. The molecule has 2 atom stereocenters. The van der Waals surface area contributed by atoms with Gasteiger partial charge >= 0.3 is 0 Å². The van der Waals surface area contributed by atoms with E-state index in [0.29, 0.717) is 6.42 Å². The highest BCUT2D eigenvalue weighted by Crippen LogP contribution is 2.12. The SMILES string of the molecule is CCCCCN1C(=O)C(C)NC(=O)CC1C. The molecule has 16 heavy (non-hydrogen) atoms. The summed E-state index contributed by atoms with van der Waals surface area (Å²) in [4.78, 5) is 25.3. The number of amides is 2. The van der Waals surface area contributed by atoms with E-state index in [0.717, 1.165) is 25.8 Å². The van der Waals surface area contributed by atoms with Crippen molar-refractivity contribution in [3.63, 3.8) is 0 Å². The van der Waals surface area contributed by atoms with Crippen LogP contribution in [-0.2, 0) is 9.59 Å². The molecule has 4 heteroatoms. The number of nitrogens with one attached hydrogen (secondary N) is 1. The third-order valence-electron chi connectivity index (χ3n) is 3.05. The van der Waals surface area contributed by atoms with Gasteiger partial charge in [-0.05, 0) is 20.3 Å². The molecule has 0 radical (unpaired) electrons. The summed E-state index contributed by atoms with van der Waals surface area (Å²) in [6.07, 6.45) is 3.71. The first-order valence-electron chi connectivity index (χ1n) is 6.16. The number of nitrogens with zero attached hydrogens (tertiary/aromatic N) is 1. The molecule has 1 N–H and O–H groups in total. The first kappa shape index (κ1) is 13.0. The summed E-state index contributed by atoms with van der Waals surface area (Å²) < 4.78 is 0. The lowest BCUT2D eigenvalue weighted by atomic mass is 10.1. The second-order valence-electron chi connectivity index (χ2n) is 4.58. The zero-order valence-electron chi connectivity index (χ0n) is 10.5. The van der Waals surface area contributed by atoms with Crippen LogP contribution < -0.4 is 5.32 Å². The Hall–Kier alpha value is -1.06. The summed E-state index contributed by atoms with van der Waals surface area (Å²) in [5.41, 5.74) is 0. The fraction of sp³-hybridized carbons (Fsp3) is 0.833. The predicted octanol–water partition coefficient (Wildman–Crippen LogP) is 1.30. The standard InChI is InChI=1S/C12H22N2O2/c1-4-5-6-7-14-9(2)8-11(15)13-10(3)12(14)16/h9-10H,4-8H2,1-3H3,(H,13,15). The molecule has 0 spiro atoms. The minimum atomic E-state index is -0.376. The molecular weight excluding hydrogens is 204 g/mol. The minimum absolute atomic E-state index is 0.0219. The van der Waals surface area contributed by atoms with Crippen molar-refractivity contribution in [2.45, 2.75) is 58.5 Å². The molecule has 2 amide bonds. The summed E-state index contributed by atoms with van der Waals surface area (Å²) in [6, 6.07) is -0.353. The van der Waals surface area contributed by atoms with Gasteiger partial charge in [0.2, 0.25) is 11.8 Å². The van der Waals surface area contributed by atoms with E-state index in [9.17, 15) is 9.59 Å². The third kappa shape index (κ3) is 3.22. The van der Waals surface area contributed by atoms with Crippen LogP contribution in [0.2, 0.25) is 0 Å². The van der Waals surface area contributed by atoms with E-state index >= 15 is 0 Å². The molecule has 1 aliphatic rings. The van der Waals surface area contributed by atoms with Gasteiger partial charge in [-0.15, -0.1) is 0 Å². The quantitative estimate of drug-likeness (QED) is 0.735. The molecule has 0 aromatic carbocycles. The van der Waals surface area contributed by atoms with Crippen LogP contribution in [0.3, 0.4) is 0 Å². The van der Waals surface area contributed by atoms with E-state index < -0.39 is 0 Å². The van der Waals surface area contributed by atoms with Crippen molar-refractivity contribution in [3.05, 3.63) is 0 Å². The first-order valence-corrected chi connectivity index (χ1v) is 6.16. The van der Waals surface area contributed by atoms with Crippen molar-refractivity contribution in [1.29, 1.82) is 0 Å². The highest BCUT2D eigenvalue weighted by Gasteiger charge is 2.30. The molecule has 0 aromatic heterocycles. The van der Waals surface area contributed by atoms with E-state index in [1.807, 2.05) is 11.8 Å². The molecule has 0 bridgehead atoms. The van der Waals surface area contributed by atoms with Gasteiger partial charge in [-0.1, -0.05) is 19.8 Å². The molecule has 0 aromatic rings. The first-order chi connectivity index (χ1) is 7.56. The van der Waals surface area contributed by atoms with Crippen molar-refractivity contribution < 1.29 is 9.59 Å². The number of carbonyl (C=O) groups excluding carboxylic acids is 2. The molecule has 0 aliphatic carbocycles. The predicted molar refractivity (Wildman–Crippen MR) is 62.9 cm³/mol. The van der Waals surface area contributed by atoms with Gasteiger partial charge in [0.05, 0.1) is 0 Å². The second kappa shape index (κ2) is 5.87. The smallest absolute Gasteiger partial charge is 0.245 e. The van der Waals surface area contributed by atoms with Gasteiger partial charge in [0, 0.05) is 19.0 Å². The molecule has 1 aliphatic heterocycles. The molecule has 1 heterocycles. The Morgan fingerprint density at radius 2 is 2.00 bits per heavy atom. The van der Waals surface area contributed by atoms with Crippen molar-refractivity contribution in [3.8, 4) is 0 Å². The molecule has 2 unspecified atom stereocenters. The summed E-state index contributed by atoms with van der Waals surface area (Å²) in [5.74, 6) is 0.0285. The van der Waals surface area contributed by atoms with Crippen LogP contribution >= 0.6 is 0 Å². The Labute approximate surface area is 97.4 Å². The number of unbranched alkanes of at least 4 members (excludes halogenated alkanes) is 2. The van der Waals surface area contributed by atoms with Crippen LogP contribution in [0.15, 0.2) is 0 Å². The normalized spacial score (nSPS) is 26.6. The summed E-state index contributed by atoms with van der Waals surface area (Å²) in [5, 5.41) is 2.71. The van der Waals surface area contributed by atoms with Gasteiger partial charge in [0.1, 0.15) is 6.04 Å². The van der Waals surface area contributed by atoms with Crippen LogP contribution in [0, 0.1) is 0 Å². The van der Waals surface area contributed by atoms with Crippen LogP contribution in [0.1, 0.15) is 46.5 Å². The van der Waals surface area contributed by atoms with Crippen LogP contribution in [-0.4, -0.2) is 35.3 Å². The zero-order valence-corrected chi connectivity index (χ0v) is 10.5. The van der Waals surface area contributed by atoms with Crippen molar-refractivity contribution in [2.24, 2.45) is 0 Å². The van der Waals surface area contributed by atoms with Crippen molar-refractivity contribution >= 4 is 11.8 Å². The second-order valence-corrected chi connectivity index (χ2v) is 4.58. The van der Waals surface area contributed by atoms with E-state index in [-0.39, 0.29) is 23.9 Å². The maximum Gasteiger partial charge on any atom is 0.245 e. The monoisotopic (exact) mass is 226 g/mol. The van der Waals surface area contributed by atoms with E-state index in [1.165, 1.54) is 0 Å². The summed E-state index contributed by atoms with van der Waals surface area (Å²) in [6.45, 7) is 6.61. The lowest BCUT2D eigenvalue weighted by molar-refractivity contribution is -0.134. The van der Waals surface area contributed by atoms with E-state index in [4.69, 9.17) is 0 Å². The average Bonchev–Trinajstić information content (AvgIpc) is 2.30. The highest BCUT2D eigenvalue weighted by atomic mass is 16.2. The lowest BCUT2D eigenvalue weighted by Gasteiger charge is -2.27. The Kier molecular flexibility index (Phi) is 4.77. The Balaban J connectivity index is 2.63. The van der Waals surface area contributed by atoms with Crippen LogP contribution in [0.25, 0.3) is 0 Å². The van der Waals surface area contributed by atoms with Gasteiger partial charge in [0.15, 0.2) is 0 Å². The Morgan fingerprint density at radius 3 is 2.62 bits per heavy atom. The fourth-order valence-corrected chi connectivity index (χ4v) is 2.07. The van der Waals surface area contributed by atoms with Gasteiger partial charge in [-0.2, -0.15) is 0 Å². The van der Waals surface area contributed by atoms with Crippen molar-refractivity contribution in [2.75, 3.05) is 6.54 Å². The van der Waals surface area contributed by atoms with Crippen LogP contribution in [0.4, 0.5) is 0 Å². The number of carbonyl (C=O) groups is 2. The molecular formula is C12H22N2O2. The van der Waals surface area contributed by atoms with Gasteiger partial charge < -0.3 is 10.2 Å². The number of hydrogen-bond donors (Lipinski definition) is 1. The highest BCUT2D eigenvalue weighted by molar-refractivity contribution is 5.90. The number of hydrogen-bond acceptors (Lipinski definition) is 2. The molecule has 1 fully saturated rings. The molecule has 1 rings (SSSR count). The maximum atomic E-state index is 12.0. The van der Waals surface area contributed by atoms with Crippen LogP contribution in [0.5, 0.6) is 0 Å². The summed E-state index contributed by atoms with van der Waals surface area (Å²) >= 11 is 0. The number of rotatable bonds is 4. The molecule has 1 saturated heterocycles. The van der Waals surface area contributed by atoms with Gasteiger partial charge in [0.25, 0.3) is 0 Å². The molecule has 92 valence electrons. The zero-order chi connectivity index (χ0) is 12.1.